The molecular formula is C18H19O2P. The molecular weight excluding hydrogens is 279 g/mol. The van der Waals surface area contributed by atoms with E-state index in [0.717, 1.165) is 11.1 Å². The Bertz CT molecular complexity index is 705. The molecule has 0 saturated heterocycles. The summed E-state index contributed by atoms with van der Waals surface area (Å²) in [6.07, 6.45) is 1.03. The molecule has 3 heteroatoms. The second-order valence-corrected chi connectivity index (χ2v) is 8.89. The molecule has 0 spiro atoms. The molecule has 3 rings (SSSR count). The van der Waals surface area contributed by atoms with Crippen molar-refractivity contribution in [2.45, 2.75) is 25.2 Å². The summed E-state index contributed by atoms with van der Waals surface area (Å²) in [5.41, 5.74) is 1.95. The van der Waals surface area contributed by atoms with Gasteiger partial charge in [-0.2, -0.15) is 0 Å². The summed E-state index contributed by atoms with van der Waals surface area (Å²) < 4.78 is 13.6. The fourth-order valence-corrected chi connectivity index (χ4v) is 6.28. The third-order valence-electron chi connectivity index (χ3n) is 4.16. The number of allylic oxidation sites excluding steroid dienone is 1. The highest BCUT2D eigenvalue weighted by atomic mass is 31.2. The van der Waals surface area contributed by atoms with Gasteiger partial charge in [-0.3, -0.25) is 0 Å². The van der Waals surface area contributed by atoms with E-state index in [1.54, 1.807) is 0 Å². The third kappa shape index (κ3) is 2.56. The van der Waals surface area contributed by atoms with Gasteiger partial charge in [0.1, 0.15) is 12.9 Å². The van der Waals surface area contributed by atoms with E-state index < -0.39 is 7.14 Å². The van der Waals surface area contributed by atoms with E-state index in [2.05, 4.69) is 0 Å². The Hall–Kier alpha value is -1.79. The van der Waals surface area contributed by atoms with Crippen LogP contribution >= 0.6 is 7.14 Å². The Morgan fingerprint density at radius 2 is 1.62 bits per heavy atom. The number of aliphatic hydroxyl groups is 1. The standard InChI is InChI=1S/C18H19O2P/c1-14-12-17(19)18(16-10-6-3-7-11-16)21(14,20)13-15-8-4-2-5-9-15/h2-11,14,19H,12-13H2,1H3/t14-,21-/m0/s1. The van der Waals surface area contributed by atoms with Gasteiger partial charge in [-0.25, -0.2) is 0 Å². The zero-order chi connectivity index (χ0) is 14.9. The summed E-state index contributed by atoms with van der Waals surface area (Å²) in [5.74, 6) is 0.299. The molecule has 1 heterocycles. The normalized spacial score (nSPS) is 25.3. The number of hydrogen-bond acceptors (Lipinski definition) is 2. The Balaban J connectivity index is 2.05. The second kappa shape index (κ2) is 5.54. The zero-order valence-corrected chi connectivity index (χ0v) is 13.0. The number of hydrogen-bond donors (Lipinski definition) is 1. The monoisotopic (exact) mass is 298 g/mol. The van der Waals surface area contributed by atoms with Crippen LogP contribution in [0.5, 0.6) is 0 Å². The molecule has 0 fully saturated rings. The summed E-state index contributed by atoms with van der Waals surface area (Å²) in [7, 11) is -2.64. The molecule has 0 aliphatic carbocycles. The molecule has 1 aliphatic heterocycles. The molecule has 0 unspecified atom stereocenters. The van der Waals surface area contributed by atoms with Gasteiger partial charge in [-0.1, -0.05) is 67.6 Å². The molecule has 1 N–H and O–H groups in total. The van der Waals surface area contributed by atoms with E-state index >= 15 is 0 Å². The highest BCUT2D eigenvalue weighted by Gasteiger charge is 2.42. The van der Waals surface area contributed by atoms with Crippen LogP contribution in [0.2, 0.25) is 0 Å². The maximum atomic E-state index is 13.6. The fraction of sp³-hybridized carbons (Fsp3) is 0.222. The molecule has 0 bridgehead atoms. The third-order valence-corrected chi connectivity index (χ3v) is 7.87. The SMILES string of the molecule is C[C@H]1CC(O)=C(c2ccccc2)[P@]1(=O)Cc1ccccc1. The maximum Gasteiger partial charge on any atom is 0.126 e. The Morgan fingerprint density at radius 3 is 2.24 bits per heavy atom. The maximum absolute atomic E-state index is 13.6. The lowest BCUT2D eigenvalue weighted by atomic mass is 10.2. The number of rotatable bonds is 3. The molecule has 0 amide bonds. The van der Waals surface area contributed by atoms with Gasteiger partial charge >= 0.3 is 0 Å². The summed E-state index contributed by atoms with van der Waals surface area (Å²) in [6.45, 7) is 1.98. The van der Waals surface area contributed by atoms with Gasteiger partial charge in [0.25, 0.3) is 0 Å². The largest absolute Gasteiger partial charge is 0.511 e. The molecule has 0 aromatic heterocycles. The zero-order valence-electron chi connectivity index (χ0n) is 12.1. The minimum Gasteiger partial charge on any atom is -0.511 e. The summed E-state index contributed by atoms with van der Waals surface area (Å²) >= 11 is 0. The number of benzene rings is 2. The first kappa shape index (κ1) is 14.2. The van der Waals surface area contributed by atoms with Gasteiger partial charge < -0.3 is 9.67 Å². The van der Waals surface area contributed by atoms with E-state index in [1.165, 1.54) is 0 Å². The number of aliphatic hydroxyl groups excluding tert-OH is 1. The van der Waals surface area contributed by atoms with Crippen LogP contribution in [0.15, 0.2) is 66.4 Å². The van der Waals surface area contributed by atoms with Crippen molar-refractivity contribution < 1.29 is 9.67 Å². The van der Waals surface area contributed by atoms with Crippen LogP contribution in [0, 0.1) is 0 Å². The van der Waals surface area contributed by atoms with Crippen LogP contribution < -0.4 is 0 Å². The van der Waals surface area contributed by atoms with Crippen LogP contribution in [0.25, 0.3) is 5.31 Å². The van der Waals surface area contributed by atoms with Gasteiger partial charge in [0.2, 0.25) is 0 Å². The van der Waals surface area contributed by atoms with E-state index in [4.69, 9.17) is 0 Å². The van der Waals surface area contributed by atoms with Crippen LogP contribution in [-0.2, 0) is 10.7 Å². The summed E-state index contributed by atoms with van der Waals surface area (Å²) in [6, 6.07) is 19.5. The van der Waals surface area contributed by atoms with Crippen molar-refractivity contribution in [3.8, 4) is 0 Å². The van der Waals surface area contributed by atoms with Gasteiger partial charge in [0, 0.05) is 18.2 Å². The average molecular weight is 298 g/mol. The molecule has 21 heavy (non-hydrogen) atoms. The molecule has 0 radical (unpaired) electrons. The van der Waals surface area contributed by atoms with Gasteiger partial charge in [0.15, 0.2) is 0 Å². The minimum absolute atomic E-state index is 0.00656. The highest BCUT2D eigenvalue weighted by Crippen LogP contribution is 2.70. The quantitative estimate of drug-likeness (QED) is 0.784. The van der Waals surface area contributed by atoms with E-state index in [-0.39, 0.29) is 5.66 Å². The summed E-state index contributed by atoms with van der Waals surface area (Å²) in [5, 5.41) is 11.0. The first-order valence-corrected chi connectivity index (χ1v) is 9.18. The molecule has 108 valence electrons. The summed E-state index contributed by atoms with van der Waals surface area (Å²) in [4.78, 5) is 0. The lowest BCUT2D eigenvalue weighted by Crippen LogP contribution is -2.01. The van der Waals surface area contributed by atoms with Crippen molar-refractivity contribution in [2.75, 3.05) is 0 Å². The lowest BCUT2D eigenvalue weighted by Gasteiger charge is -2.21. The van der Waals surface area contributed by atoms with Crippen molar-refractivity contribution in [1.29, 1.82) is 0 Å². The van der Waals surface area contributed by atoms with E-state index in [9.17, 15) is 9.67 Å². The van der Waals surface area contributed by atoms with Crippen LogP contribution in [0.4, 0.5) is 0 Å². The van der Waals surface area contributed by atoms with Crippen molar-refractivity contribution >= 4 is 12.5 Å². The predicted octanol–water partition coefficient (Wildman–Crippen LogP) is 5.27. The van der Waals surface area contributed by atoms with Gasteiger partial charge in [0.05, 0.1) is 5.31 Å². The fourth-order valence-electron chi connectivity index (χ4n) is 3.03. The topological polar surface area (TPSA) is 37.3 Å². The van der Waals surface area contributed by atoms with E-state index in [1.807, 2.05) is 67.6 Å². The predicted molar refractivity (Wildman–Crippen MR) is 87.8 cm³/mol. The van der Waals surface area contributed by atoms with Crippen molar-refractivity contribution in [2.24, 2.45) is 0 Å². The van der Waals surface area contributed by atoms with Gasteiger partial charge in [-0.15, -0.1) is 0 Å². The van der Waals surface area contributed by atoms with Crippen molar-refractivity contribution in [3.63, 3.8) is 0 Å². The Kier molecular flexibility index (Phi) is 3.73. The molecule has 2 atom stereocenters. The Labute approximate surface area is 125 Å². The van der Waals surface area contributed by atoms with Crippen LogP contribution in [0.1, 0.15) is 24.5 Å². The molecule has 0 saturated carbocycles. The molecule has 1 aliphatic rings. The molecule has 2 nitrogen and oxygen atoms in total. The second-order valence-electron chi connectivity index (χ2n) is 5.65. The first-order chi connectivity index (χ1) is 10.1. The smallest absolute Gasteiger partial charge is 0.126 e. The highest BCUT2D eigenvalue weighted by molar-refractivity contribution is 7.74. The van der Waals surface area contributed by atoms with Crippen LogP contribution in [-0.4, -0.2) is 10.8 Å². The van der Waals surface area contributed by atoms with Gasteiger partial charge in [-0.05, 0) is 11.1 Å². The van der Waals surface area contributed by atoms with Crippen molar-refractivity contribution in [1.82, 2.24) is 0 Å². The van der Waals surface area contributed by atoms with Crippen LogP contribution in [0.3, 0.4) is 0 Å². The minimum atomic E-state index is -2.64. The van der Waals surface area contributed by atoms with Crippen molar-refractivity contribution in [3.05, 3.63) is 77.5 Å². The Morgan fingerprint density at radius 1 is 1.05 bits per heavy atom. The lowest BCUT2D eigenvalue weighted by molar-refractivity contribution is 0.396. The molecule has 2 aromatic carbocycles. The first-order valence-electron chi connectivity index (χ1n) is 7.22. The molecule has 2 aromatic rings. The van der Waals surface area contributed by atoms with E-state index in [0.29, 0.717) is 23.7 Å². The average Bonchev–Trinajstić information content (AvgIpc) is 2.70.